The predicted octanol–water partition coefficient (Wildman–Crippen LogP) is 4.03. The van der Waals surface area contributed by atoms with Gasteiger partial charge in [0.05, 0.1) is 12.1 Å². The van der Waals surface area contributed by atoms with Crippen LogP contribution in [0, 0.1) is 5.82 Å². The fourth-order valence-corrected chi connectivity index (χ4v) is 4.80. The van der Waals surface area contributed by atoms with Crippen molar-refractivity contribution >= 4 is 40.2 Å². The summed E-state index contributed by atoms with van der Waals surface area (Å²) in [5.74, 6) is -1.77. The Morgan fingerprint density at radius 3 is 2.72 bits per heavy atom. The standard InChI is InChI=1S/C20H24Cl2FN5O4/c1-5-10-20(7-6-9(8-24-10)28(20)18(30)32-19(2,3)4)31-16-11-13(12(23)14(21)26-16)25-17(22)27-15(11)29/h9-10,24H,5-8H2,1-4H3,(H,25,27,29)/t9?,10?,20-/m0/s1. The smallest absolute Gasteiger partial charge is 0.413 e. The number of fused-ring (bicyclic) bond motifs is 3. The van der Waals surface area contributed by atoms with Crippen molar-refractivity contribution < 1.29 is 23.8 Å². The Labute approximate surface area is 194 Å². The maximum absolute atomic E-state index is 14.6. The quantitative estimate of drug-likeness (QED) is 0.493. The van der Waals surface area contributed by atoms with E-state index in [-0.39, 0.29) is 34.2 Å². The molecule has 3 atom stereocenters. The van der Waals surface area contributed by atoms with Gasteiger partial charge in [-0.25, -0.2) is 14.2 Å². The second kappa shape index (κ2) is 8.00. The van der Waals surface area contributed by atoms with Crippen molar-refractivity contribution in [2.24, 2.45) is 0 Å². The first-order valence-corrected chi connectivity index (χ1v) is 11.1. The maximum atomic E-state index is 14.6. The average Bonchev–Trinajstić information content (AvgIpc) is 2.94. The average molecular weight is 488 g/mol. The van der Waals surface area contributed by atoms with Crippen LogP contribution >= 0.6 is 23.2 Å². The summed E-state index contributed by atoms with van der Waals surface area (Å²) < 4.78 is 26.7. The molecule has 174 valence electrons. The van der Waals surface area contributed by atoms with Gasteiger partial charge in [-0.2, -0.15) is 9.97 Å². The lowest BCUT2D eigenvalue weighted by atomic mass is 9.97. The molecule has 12 heteroatoms. The molecule has 0 aliphatic carbocycles. The van der Waals surface area contributed by atoms with E-state index < -0.39 is 34.3 Å². The monoisotopic (exact) mass is 487 g/mol. The van der Waals surface area contributed by atoms with Gasteiger partial charge in [0.25, 0.3) is 0 Å². The largest absolute Gasteiger partial charge is 0.493 e. The Hall–Kier alpha value is -2.17. The maximum Gasteiger partial charge on any atom is 0.413 e. The number of nitrogens with one attached hydrogen (secondary N) is 1. The Morgan fingerprint density at radius 2 is 2.06 bits per heavy atom. The molecule has 0 saturated carbocycles. The zero-order valence-corrected chi connectivity index (χ0v) is 19.6. The summed E-state index contributed by atoms with van der Waals surface area (Å²) in [6.45, 7) is 7.89. The van der Waals surface area contributed by atoms with Crippen LogP contribution < -0.4 is 10.1 Å². The van der Waals surface area contributed by atoms with Gasteiger partial charge in [0.2, 0.25) is 22.8 Å². The number of hydrogen-bond acceptors (Lipinski definition) is 8. The Morgan fingerprint density at radius 1 is 1.34 bits per heavy atom. The molecular weight excluding hydrogens is 464 g/mol. The van der Waals surface area contributed by atoms with E-state index >= 15 is 0 Å². The van der Waals surface area contributed by atoms with E-state index in [1.807, 2.05) is 6.92 Å². The number of carbonyl (C=O) groups excluding carboxylic acids is 1. The molecule has 32 heavy (non-hydrogen) atoms. The molecule has 0 aromatic carbocycles. The molecule has 2 saturated heterocycles. The van der Waals surface area contributed by atoms with E-state index in [0.717, 1.165) is 0 Å². The number of hydrogen-bond donors (Lipinski definition) is 2. The topological polar surface area (TPSA) is 110 Å². The van der Waals surface area contributed by atoms with E-state index in [4.69, 9.17) is 32.7 Å². The molecule has 2 fully saturated rings. The Balaban J connectivity index is 1.86. The van der Waals surface area contributed by atoms with Gasteiger partial charge >= 0.3 is 6.09 Å². The van der Waals surface area contributed by atoms with Gasteiger partial charge in [-0.1, -0.05) is 18.5 Å². The number of pyridine rings is 1. The lowest BCUT2D eigenvalue weighted by Gasteiger charge is -2.49. The first-order valence-electron chi connectivity index (χ1n) is 10.3. The molecule has 0 spiro atoms. The van der Waals surface area contributed by atoms with Crippen molar-refractivity contribution in [3.8, 4) is 11.8 Å². The van der Waals surface area contributed by atoms with Crippen molar-refractivity contribution in [3.05, 3.63) is 16.3 Å². The Bertz CT molecular complexity index is 1080. The molecule has 2 aliphatic heterocycles. The van der Waals surface area contributed by atoms with Gasteiger partial charge < -0.3 is 19.9 Å². The van der Waals surface area contributed by atoms with Gasteiger partial charge in [-0.15, -0.1) is 0 Å². The highest BCUT2D eigenvalue weighted by atomic mass is 35.5. The van der Waals surface area contributed by atoms with Crippen LogP contribution in [0.5, 0.6) is 11.8 Å². The fraction of sp³-hybridized carbons (Fsp3) is 0.600. The van der Waals surface area contributed by atoms with Crippen LogP contribution in [0.4, 0.5) is 9.18 Å². The summed E-state index contributed by atoms with van der Waals surface area (Å²) in [7, 11) is 0. The highest BCUT2D eigenvalue weighted by Crippen LogP contribution is 2.45. The zero-order chi connectivity index (χ0) is 23.4. The van der Waals surface area contributed by atoms with E-state index in [9.17, 15) is 14.3 Å². The molecule has 2 N–H and O–H groups in total. The van der Waals surface area contributed by atoms with Gasteiger partial charge in [-0.05, 0) is 45.2 Å². The summed E-state index contributed by atoms with van der Waals surface area (Å²) in [5.41, 5.74) is -2.24. The molecule has 4 heterocycles. The van der Waals surface area contributed by atoms with Crippen LogP contribution in [0.2, 0.25) is 10.4 Å². The summed E-state index contributed by atoms with van der Waals surface area (Å²) in [6, 6.07) is -0.459. The second-order valence-corrected chi connectivity index (χ2v) is 9.62. The third-order valence-electron chi connectivity index (χ3n) is 5.69. The number of nitrogens with zero attached hydrogens (tertiary/aromatic N) is 4. The summed E-state index contributed by atoms with van der Waals surface area (Å²) in [4.78, 5) is 26.4. The lowest BCUT2D eigenvalue weighted by Crippen LogP contribution is -2.70. The third-order valence-corrected chi connectivity index (χ3v) is 6.11. The van der Waals surface area contributed by atoms with E-state index in [2.05, 4.69) is 20.3 Å². The number of amides is 1. The normalized spacial score (nSPS) is 25.3. The van der Waals surface area contributed by atoms with Crippen molar-refractivity contribution in [1.82, 2.24) is 25.2 Å². The van der Waals surface area contributed by atoms with Crippen molar-refractivity contribution in [2.45, 2.75) is 70.4 Å². The number of carbonyl (C=O) groups is 1. The first-order chi connectivity index (χ1) is 15.0. The molecule has 2 aromatic heterocycles. The van der Waals surface area contributed by atoms with Gasteiger partial charge in [0, 0.05) is 13.0 Å². The minimum atomic E-state index is -1.20. The number of rotatable bonds is 3. The first kappa shape index (κ1) is 23.0. The van der Waals surface area contributed by atoms with E-state index in [1.165, 1.54) is 0 Å². The van der Waals surface area contributed by atoms with E-state index in [1.54, 1.807) is 25.7 Å². The molecule has 2 bridgehead atoms. The minimum Gasteiger partial charge on any atom is -0.493 e. The van der Waals surface area contributed by atoms with Crippen molar-refractivity contribution in [2.75, 3.05) is 6.54 Å². The van der Waals surface area contributed by atoms with Crippen LogP contribution in [-0.4, -0.2) is 61.0 Å². The van der Waals surface area contributed by atoms with Crippen molar-refractivity contribution in [3.63, 3.8) is 0 Å². The number of piperazine rings is 1. The SMILES string of the molecule is CCC1NCC2CC[C@@]1(Oc1nc(Cl)c(F)c3nc(Cl)nc(O)c13)N2C(=O)OC(C)(C)C. The van der Waals surface area contributed by atoms with Gasteiger partial charge in [0.15, 0.2) is 11.0 Å². The number of aromatic hydroxyl groups is 1. The number of ether oxygens (including phenoxy) is 2. The molecule has 4 rings (SSSR count). The molecule has 2 aliphatic rings. The van der Waals surface area contributed by atoms with Crippen LogP contribution in [0.15, 0.2) is 0 Å². The highest BCUT2D eigenvalue weighted by Gasteiger charge is 2.59. The van der Waals surface area contributed by atoms with Gasteiger partial charge in [-0.3, -0.25) is 4.90 Å². The van der Waals surface area contributed by atoms with E-state index in [0.29, 0.717) is 25.8 Å². The molecule has 2 aromatic rings. The van der Waals surface area contributed by atoms with Crippen LogP contribution in [0.1, 0.15) is 47.0 Å². The summed E-state index contributed by atoms with van der Waals surface area (Å²) in [5, 5.41) is 12.8. The number of halogens is 3. The second-order valence-electron chi connectivity index (χ2n) is 8.92. The van der Waals surface area contributed by atoms with Crippen LogP contribution in [0.25, 0.3) is 10.9 Å². The highest BCUT2D eigenvalue weighted by molar-refractivity contribution is 6.31. The molecule has 2 unspecified atom stereocenters. The molecule has 1 amide bonds. The molecular formula is C20H24Cl2FN5O4. The predicted molar refractivity (Wildman–Crippen MR) is 116 cm³/mol. The van der Waals surface area contributed by atoms with Crippen LogP contribution in [0.3, 0.4) is 0 Å². The fourth-order valence-electron chi connectivity index (χ4n) is 4.47. The summed E-state index contributed by atoms with van der Waals surface area (Å²) in [6.07, 6.45) is 1.22. The Kier molecular flexibility index (Phi) is 5.75. The van der Waals surface area contributed by atoms with Crippen LogP contribution in [-0.2, 0) is 4.74 Å². The minimum absolute atomic E-state index is 0.172. The van der Waals surface area contributed by atoms with Gasteiger partial charge in [0.1, 0.15) is 16.5 Å². The zero-order valence-electron chi connectivity index (χ0n) is 18.1. The number of aromatic nitrogens is 3. The summed E-state index contributed by atoms with van der Waals surface area (Å²) >= 11 is 11.8. The molecule has 9 nitrogen and oxygen atoms in total. The lowest BCUT2D eigenvalue weighted by molar-refractivity contribution is -0.115. The molecule has 0 radical (unpaired) electrons. The third kappa shape index (κ3) is 3.78. The van der Waals surface area contributed by atoms with Crippen molar-refractivity contribution in [1.29, 1.82) is 0 Å².